The van der Waals surface area contributed by atoms with Gasteiger partial charge in [-0.1, -0.05) is 42.1 Å². The van der Waals surface area contributed by atoms with E-state index in [2.05, 4.69) is 6.07 Å². The predicted molar refractivity (Wildman–Crippen MR) is 88.2 cm³/mol. The van der Waals surface area contributed by atoms with Crippen molar-refractivity contribution in [1.82, 2.24) is 0 Å². The fourth-order valence-electron chi connectivity index (χ4n) is 1.96. The van der Waals surface area contributed by atoms with Crippen molar-refractivity contribution < 1.29 is 4.74 Å². The molecule has 106 valence electrons. The molecule has 0 aromatic heterocycles. The fraction of sp³-hybridized carbons (Fsp3) is 0. The number of rotatable bonds is 4. The van der Waals surface area contributed by atoms with Gasteiger partial charge < -0.3 is 4.74 Å². The Balaban J connectivity index is 1.83. The van der Waals surface area contributed by atoms with Gasteiger partial charge in [0.15, 0.2) is 0 Å². The van der Waals surface area contributed by atoms with E-state index in [0.717, 1.165) is 21.3 Å². The zero-order chi connectivity index (χ0) is 15.2. The quantitative estimate of drug-likeness (QED) is 0.638. The predicted octanol–water partition coefficient (Wildman–Crippen LogP) is 5.50. The van der Waals surface area contributed by atoms with Crippen molar-refractivity contribution in [2.24, 2.45) is 0 Å². The molecule has 2 nitrogen and oxygen atoms in total. The van der Waals surface area contributed by atoms with Crippen LogP contribution in [0.4, 0.5) is 0 Å². The number of benzene rings is 3. The topological polar surface area (TPSA) is 33.0 Å². The Morgan fingerprint density at radius 2 is 1.45 bits per heavy atom. The minimum Gasteiger partial charge on any atom is -0.456 e. The largest absolute Gasteiger partial charge is 0.456 e. The summed E-state index contributed by atoms with van der Waals surface area (Å²) in [5.74, 6) is 1.64. The van der Waals surface area contributed by atoms with Crippen molar-refractivity contribution in [1.29, 1.82) is 5.26 Å². The first-order valence-corrected chi connectivity index (χ1v) is 7.67. The molecule has 0 fully saturated rings. The summed E-state index contributed by atoms with van der Waals surface area (Å²) < 4.78 is 5.95. The van der Waals surface area contributed by atoms with Crippen LogP contribution in [-0.4, -0.2) is 0 Å². The van der Waals surface area contributed by atoms with Gasteiger partial charge in [0.2, 0.25) is 0 Å². The Kier molecular flexibility index (Phi) is 4.43. The Morgan fingerprint density at radius 3 is 2.18 bits per heavy atom. The molecule has 3 aromatic rings. The maximum Gasteiger partial charge on any atom is 0.141 e. The molecule has 0 atom stereocenters. The van der Waals surface area contributed by atoms with Crippen molar-refractivity contribution >= 4 is 11.8 Å². The number of hydrogen-bond acceptors (Lipinski definition) is 3. The fourth-order valence-corrected chi connectivity index (χ4v) is 2.84. The first-order valence-electron chi connectivity index (χ1n) is 6.85. The van der Waals surface area contributed by atoms with Crippen molar-refractivity contribution in [3.63, 3.8) is 0 Å². The number of nitriles is 1. The number of hydrogen-bond donors (Lipinski definition) is 0. The maximum absolute atomic E-state index is 8.85. The molecule has 0 saturated heterocycles. The monoisotopic (exact) mass is 303 g/mol. The van der Waals surface area contributed by atoms with Gasteiger partial charge in [0, 0.05) is 4.90 Å². The summed E-state index contributed by atoms with van der Waals surface area (Å²) in [4.78, 5) is 2.11. The molecular formula is C19H13NOS. The van der Waals surface area contributed by atoms with Crippen LogP contribution in [0.2, 0.25) is 0 Å². The number of para-hydroxylation sites is 2. The summed E-state index contributed by atoms with van der Waals surface area (Å²) in [5.41, 5.74) is 0.665. The van der Waals surface area contributed by atoms with Crippen LogP contribution in [-0.2, 0) is 0 Å². The molecule has 3 rings (SSSR count). The lowest BCUT2D eigenvalue weighted by molar-refractivity contribution is 0.471. The van der Waals surface area contributed by atoms with Crippen LogP contribution in [0.1, 0.15) is 5.56 Å². The summed E-state index contributed by atoms with van der Waals surface area (Å²) in [6.45, 7) is 0. The average Bonchev–Trinajstić information content (AvgIpc) is 2.58. The molecule has 0 aliphatic carbocycles. The molecule has 3 heteroatoms. The molecule has 0 saturated carbocycles. The SMILES string of the molecule is N#Cc1ccc(Sc2ccccc2Oc2ccccc2)cc1. The molecular weight excluding hydrogens is 290 g/mol. The second kappa shape index (κ2) is 6.84. The van der Waals surface area contributed by atoms with Crippen LogP contribution in [0.3, 0.4) is 0 Å². The molecule has 0 bridgehead atoms. The molecule has 0 aliphatic rings. The lowest BCUT2D eigenvalue weighted by atomic mass is 10.2. The van der Waals surface area contributed by atoms with E-state index in [-0.39, 0.29) is 0 Å². The summed E-state index contributed by atoms with van der Waals surface area (Å²) >= 11 is 1.62. The van der Waals surface area contributed by atoms with E-state index in [1.165, 1.54) is 0 Å². The third-order valence-electron chi connectivity index (χ3n) is 3.03. The molecule has 0 radical (unpaired) electrons. The van der Waals surface area contributed by atoms with Crippen LogP contribution in [0.15, 0.2) is 88.7 Å². The van der Waals surface area contributed by atoms with Gasteiger partial charge in [-0.2, -0.15) is 5.26 Å². The van der Waals surface area contributed by atoms with E-state index in [1.807, 2.05) is 78.9 Å². The van der Waals surface area contributed by atoms with E-state index in [4.69, 9.17) is 10.00 Å². The zero-order valence-electron chi connectivity index (χ0n) is 11.8. The van der Waals surface area contributed by atoms with Crippen molar-refractivity contribution in [3.05, 3.63) is 84.4 Å². The average molecular weight is 303 g/mol. The van der Waals surface area contributed by atoms with Gasteiger partial charge in [0.1, 0.15) is 11.5 Å². The summed E-state index contributed by atoms with van der Waals surface area (Å²) in [7, 11) is 0. The normalized spacial score (nSPS) is 9.95. The van der Waals surface area contributed by atoms with E-state index in [0.29, 0.717) is 5.56 Å². The second-order valence-corrected chi connectivity index (χ2v) is 5.72. The number of ether oxygens (including phenoxy) is 1. The Hall–Kier alpha value is -2.70. The first-order chi connectivity index (χ1) is 10.8. The first kappa shape index (κ1) is 14.2. The Labute approximate surface area is 134 Å². The molecule has 22 heavy (non-hydrogen) atoms. The standard InChI is InChI=1S/C19H13NOS/c20-14-15-10-12-17(13-11-15)22-19-9-5-4-8-18(19)21-16-6-2-1-3-7-16/h1-13H. The van der Waals surface area contributed by atoms with Crippen LogP contribution >= 0.6 is 11.8 Å². The highest BCUT2D eigenvalue weighted by Gasteiger charge is 2.06. The lowest BCUT2D eigenvalue weighted by Crippen LogP contribution is -1.86. The molecule has 0 heterocycles. The van der Waals surface area contributed by atoms with Crippen molar-refractivity contribution in [2.45, 2.75) is 9.79 Å². The second-order valence-electron chi connectivity index (χ2n) is 4.60. The number of nitrogens with zero attached hydrogens (tertiary/aromatic N) is 1. The van der Waals surface area contributed by atoms with Gasteiger partial charge in [-0.05, 0) is 48.5 Å². The summed E-state index contributed by atoms with van der Waals surface area (Å²) in [6.07, 6.45) is 0. The highest BCUT2D eigenvalue weighted by molar-refractivity contribution is 7.99. The van der Waals surface area contributed by atoms with Crippen LogP contribution in [0, 0.1) is 11.3 Å². The van der Waals surface area contributed by atoms with Crippen LogP contribution in [0.25, 0.3) is 0 Å². The Morgan fingerprint density at radius 1 is 0.773 bits per heavy atom. The molecule has 3 aromatic carbocycles. The summed E-state index contributed by atoms with van der Waals surface area (Å²) in [5, 5.41) is 8.85. The van der Waals surface area contributed by atoms with E-state index >= 15 is 0 Å². The van der Waals surface area contributed by atoms with Crippen LogP contribution in [0.5, 0.6) is 11.5 Å². The van der Waals surface area contributed by atoms with Gasteiger partial charge in [0.05, 0.1) is 16.5 Å². The van der Waals surface area contributed by atoms with Gasteiger partial charge in [-0.3, -0.25) is 0 Å². The molecule has 0 unspecified atom stereocenters. The smallest absolute Gasteiger partial charge is 0.141 e. The molecule has 0 spiro atoms. The third-order valence-corrected chi connectivity index (χ3v) is 4.10. The minimum atomic E-state index is 0.665. The van der Waals surface area contributed by atoms with E-state index in [9.17, 15) is 0 Å². The summed E-state index contributed by atoms with van der Waals surface area (Å²) in [6, 6.07) is 27.3. The minimum absolute atomic E-state index is 0.665. The van der Waals surface area contributed by atoms with E-state index in [1.54, 1.807) is 11.8 Å². The molecule has 0 N–H and O–H groups in total. The van der Waals surface area contributed by atoms with Crippen molar-refractivity contribution in [3.8, 4) is 17.6 Å². The van der Waals surface area contributed by atoms with Gasteiger partial charge in [-0.15, -0.1) is 0 Å². The Bertz CT molecular complexity index is 792. The maximum atomic E-state index is 8.85. The molecule has 0 aliphatic heterocycles. The van der Waals surface area contributed by atoms with Gasteiger partial charge >= 0.3 is 0 Å². The lowest BCUT2D eigenvalue weighted by Gasteiger charge is -2.10. The highest BCUT2D eigenvalue weighted by Crippen LogP contribution is 2.36. The third kappa shape index (κ3) is 3.49. The van der Waals surface area contributed by atoms with Gasteiger partial charge in [0.25, 0.3) is 0 Å². The van der Waals surface area contributed by atoms with Crippen molar-refractivity contribution in [2.75, 3.05) is 0 Å². The van der Waals surface area contributed by atoms with Crippen LogP contribution < -0.4 is 4.74 Å². The van der Waals surface area contributed by atoms with Gasteiger partial charge in [-0.25, -0.2) is 0 Å². The zero-order valence-corrected chi connectivity index (χ0v) is 12.6. The van der Waals surface area contributed by atoms with E-state index < -0.39 is 0 Å². The highest BCUT2D eigenvalue weighted by atomic mass is 32.2. The molecule has 0 amide bonds.